The fourth-order valence-corrected chi connectivity index (χ4v) is 4.32. The monoisotopic (exact) mass is 424 g/mol. The molecule has 0 aromatic heterocycles. The number of phenolic OH excluding ortho intramolecular Hbond substituents is 3. The van der Waals surface area contributed by atoms with Gasteiger partial charge in [0.1, 0.15) is 17.2 Å². The van der Waals surface area contributed by atoms with Crippen molar-refractivity contribution in [2.45, 2.75) is 25.7 Å². The topological polar surface area (TPSA) is 69.9 Å². The van der Waals surface area contributed by atoms with Crippen LogP contribution in [0, 0.1) is 0 Å². The molecule has 0 unspecified atom stereocenters. The molecule has 4 aromatic carbocycles. The van der Waals surface area contributed by atoms with Crippen molar-refractivity contribution in [3.63, 3.8) is 0 Å². The van der Waals surface area contributed by atoms with Crippen LogP contribution < -0.4 is 4.74 Å². The highest BCUT2D eigenvalue weighted by Gasteiger charge is 2.19. The molecule has 4 aromatic rings. The van der Waals surface area contributed by atoms with E-state index in [4.69, 9.17) is 4.74 Å². The average molecular weight is 424 g/mol. The molecule has 0 fully saturated rings. The summed E-state index contributed by atoms with van der Waals surface area (Å²) in [7, 11) is 0. The van der Waals surface area contributed by atoms with Gasteiger partial charge >= 0.3 is 0 Å². The fourth-order valence-electron chi connectivity index (χ4n) is 4.32. The molecule has 0 atom stereocenters. The first-order valence-corrected chi connectivity index (χ1v) is 10.8. The van der Waals surface area contributed by atoms with Crippen LogP contribution in [-0.4, -0.2) is 15.3 Å². The van der Waals surface area contributed by atoms with Gasteiger partial charge in [-0.2, -0.15) is 0 Å². The van der Waals surface area contributed by atoms with Crippen LogP contribution >= 0.6 is 0 Å². The van der Waals surface area contributed by atoms with E-state index in [1.165, 1.54) is 5.56 Å². The third-order valence-corrected chi connectivity index (χ3v) is 5.99. The number of rotatable bonds is 5. The Morgan fingerprint density at radius 2 is 1.34 bits per heavy atom. The zero-order valence-corrected chi connectivity index (χ0v) is 17.6. The van der Waals surface area contributed by atoms with Gasteiger partial charge < -0.3 is 20.1 Å². The van der Waals surface area contributed by atoms with Crippen molar-refractivity contribution in [2.75, 3.05) is 0 Å². The second-order valence-corrected chi connectivity index (χ2v) is 8.23. The molecule has 0 saturated carbocycles. The van der Waals surface area contributed by atoms with E-state index in [0.29, 0.717) is 11.5 Å². The number of aromatic hydroxyl groups is 3. The van der Waals surface area contributed by atoms with Crippen molar-refractivity contribution in [3.8, 4) is 39.9 Å². The van der Waals surface area contributed by atoms with Crippen LogP contribution in [0.5, 0.6) is 28.7 Å². The number of phenols is 3. The maximum atomic E-state index is 10.6. The number of benzene rings is 4. The zero-order chi connectivity index (χ0) is 22.1. The van der Waals surface area contributed by atoms with Crippen LogP contribution in [0.1, 0.15) is 22.3 Å². The van der Waals surface area contributed by atoms with Gasteiger partial charge in [-0.05, 0) is 108 Å². The van der Waals surface area contributed by atoms with Crippen molar-refractivity contribution in [1.82, 2.24) is 0 Å². The number of hydrogen-bond donors (Lipinski definition) is 3. The summed E-state index contributed by atoms with van der Waals surface area (Å²) < 4.78 is 5.99. The van der Waals surface area contributed by atoms with Crippen LogP contribution in [0.15, 0.2) is 78.9 Å². The lowest BCUT2D eigenvalue weighted by atomic mass is 9.85. The van der Waals surface area contributed by atoms with Crippen LogP contribution in [0.3, 0.4) is 0 Å². The predicted octanol–water partition coefficient (Wildman–Crippen LogP) is 6.15. The number of hydrogen-bond acceptors (Lipinski definition) is 4. The van der Waals surface area contributed by atoms with Gasteiger partial charge in [-0.25, -0.2) is 0 Å². The Morgan fingerprint density at radius 1 is 0.625 bits per heavy atom. The molecule has 160 valence electrons. The molecule has 3 N–H and O–H groups in total. The third kappa shape index (κ3) is 4.12. The summed E-state index contributed by atoms with van der Waals surface area (Å²) in [5.74, 6) is 1.76. The summed E-state index contributed by atoms with van der Waals surface area (Å²) in [5, 5.41) is 29.9. The van der Waals surface area contributed by atoms with Crippen LogP contribution in [0.4, 0.5) is 0 Å². The summed E-state index contributed by atoms with van der Waals surface area (Å²) in [4.78, 5) is 0. The Labute approximate surface area is 187 Å². The van der Waals surface area contributed by atoms with Gasteiger partial charge in [0.2, 0.25) is 0 Å². The fraction of sp³-hybridized carbons (Fsp3) is 0.143. The first-order chi connectivity index (χ1) is 15.5. The maximum Gasteiger partial charge on any atom is 0.169 e. The Hall–Kier alpha value is -3.92. The van der Waals surface area contributed by atoms with Crippen molar-refractivity contribution in [2.24, 2.45) is 0 Å². The smallest absolute Gasteiger partial charge is 0.169 e. The van der Waals surface area contributed by atoms with E-state index >= 15 is 0 Å². The van der Waals surface area contributed by atoms with E-state index in [1.54, 1.807) is 30.3 Å². The molecule has 0 spiro atoms. The molecule has 1 aliphatic rings. The number of fused-ring (bicyclic) bond motifs is 3. The molecule has 4 heteroatoms. The summed E-state index contributed by atoms with van der Waals surface area (Å²) in [5.41, 5.74) is 6.52. The van der Waals surface area contributed by atoms with Gasteiger partial charge in [-0.3, -0.25) is 0 Å². The predicted molar refractivity (Wildman–Crippen MR) is 125 cm³/mol. The standard InChI is InChI=1S/C28H24O4/c29-22-3-1-2-19(14-22)5-4-18-6-11-24(12-7-18)32-28-16-21-9-8-20-15-23(30)10-13-25(20)26(21)17-27(28)31/h1-3,6-7,10-17,29-31H,4-5,8-9H2. The summed E-state index contributed by atoms with van der Waals surface area (Å²) in [6.07, 6.45) is 3.38. The Kier molecular flexibility index (Phi) is 5.20. The van der Waals surface area contributed by atoms with Gasteiger partial charge in [0, 0.05) is 0 Å². The Bertz CT molecular complexity index is 1280. The van der Waals surface area contributed by atoms with Crippen LogP contribution in [0.2, 0.25) is 0 Å². The van der Waals surface area contributed by atoms with Crippen molar-refractivity contribution < 1.29 is 20.1 Å². The minimum Gasteiger partial charge on any atom is -0.508 e. The van der Waals surface area contributed by atoms with Gasteiger partial charge in [0.15, 0.2) is 11.5 Å². The molecule has 0 saturated heterocycles. The molecule has 0 heterocycles. The van der Waals surface area contributed by atoms with E-state index in [1.807, 2.05) is 48.5 Å². The first kappa shape index (κ1) is 20.0. The van der Waals surface area contributed by atoms with E-state index in [-0.39, 0.29) is 17.2 Å². The van der Waals surface area contributed by atoms with Gasteiger partial charge in [0.05, 0.1) is 0 Å². The summed E-state index contributed by atoms with van der Waals surface area (Å²) in [6, 6.07) is 24.2. The molecular formula is C28H24O4. The maximum absolute atomic E-state index is 10.6. The van der Waals surface area contributed by atoms with E-state index in [9.17, 15) is 15.3 Å². The normalized spacial score (nSPS) is 12.1. The zero-order valence-electron chi connectivity index (χ0n) is 17.6. The minimum atomic E-state index is 0.0950. The van der Waals surface area contributed by atoms with Gasteiger partial charge in [-0.1, -0.05) is 30.3 Å². The number of ether oxygens (including phenoxy) is 1. The molecule has 0 amide bonds. The van der Waals surface area contributed by atoms with Crippen molar-refractivity contribution in [3.05, 3.63) is 101 Å². The molecule has 0 aliphatic heterocycles. The molecule has 4 nitrogen and oxygen atoms in total. The Balaban J connectivity index is 1.31. The highest BCUT2D eigenvalue weighted by molar-refractivity contribution is 5.76. The van der Waals surface area contributed by atoms with E-state index in [0.717, 1.165) is 53.5 Å². The molecule has 1 aliphatic carbocycles. The van der Waals surface area contributed by atoms with E-state index < -0.39 is 0 Å². The second kappa shape index (κ2) is 8.31. The van der Waals surface area contributed by atoms with Crippen molar-refractivity contribution in [1.29, 1.82) is 0 Å². The Morgan fingerprint density at radius 3 is 2.12 bits per heavy atom. The van der Waals surface area contributed by atoms with Crippen LogP contribution in [-0.2, 0) is 25.7 Å². The quantitative estimate of drug-likeness (QED) is 0.360. The molecule has 0 radical (unpaired) electrons. The highest BCUT2D eigenvalue weighted by atomic mass is 16.5. The number of aryl methyl sites for hydroxylation is 4. The SMILES string of the molecule is Oc1cccc(CCc2ccc(Oc3cc4c(cc3O)-c3ccc(O)cc3CC4)cc2)c1. The first-order valence-electron chi connectivity index (χ1n) is 10.8. The lowest BCUT2D eigenvalue weighted by molar-refractivity contribution is 0.411. The van der Waals surface area contributed by atoms with E-state index in [2.05, 4.69) is 0 Å². The van der Waals surface area contributed by atoms with Gasteiger partial charge in [-0.15, -0.1) is 0 Å². The second-order valence-electron chi connectivity index (χ2n) is 8.23. The van der Waals surface area contributed by atoms with Gasteiger partial charge in [0.25, 0.3) is 0 Å². The minimum absolute atomic E-state index is 0.0950. The van der Waals surface area contributed by atoms with Crippen molar-refractivity contribution >= 4 is 0 Å². The summed E-state index contributed by atoms with van der Waals surface area (Å²) in [6.45, 7) is 0. The highest BCUT2D eigenvalue weighted by Crippen LogP contribution is 2.42. The molecular weight excluding hydrogens is 400 g/mol. The molecule has 0 bridgehead atoms. The lowest BCUT2D eigenvalue weighted by Gasteiger charge is -2.21. The van der Waals surface area contributed by atoms with Crippen LogP contribution in [0.25, 0.3) is 11.1 Å². The largest absolute Gasteiger partial charge is 0.508 e. The lowest BCUT2D eigenvalue weighted by Crippen LogP contribution is -2.04. The molecule has 32 heavy (non-hydrogen) atoms. The molecule has 5 rings (SSSR count). The summed E-state index contributed by atoms with van der Waals surface area (Å²) >= 11 is 0. The third-order valence-electron chi connectivity index (χ3n) is 5.99. The average Bonchev–Trinajstić information content (AvgIpc) is 2.79.